The fraction of sp³-hybridized carbons (Fsp3) is 0.333. The van der Waals surface area contributed by atoms with Gasteiger partial charge >= 0.3 is 0 Å². The highest BCUT2D eigenvalue weighted by molar-refractivity contribution is 5.36. The maximum atomic E-state index is 13.4. The SMILES string of the molecule is CNC(Cc1ccc2c(c1)CCC2)c1cc(F)cc(F)c1. The summed E-state index contributed by atoms with van der Waals surface area (Å²) in [7, 11) is 1.82. The predicted octanol–water partition coefficient (Wildman–Crippen LogP) is 3.96. The van der Waals surface area contributed by atoms with Gasteiger partial charge in [-0.3, -0.25) is 0 Å². The molecule has 0 heterocycles. The van der Waals surface area contributed by atoms with E-state index in [9.17, 15) is 8.78 Å². The lowest BCUT2D eigenvalue weighted by Gasteiger charge is -2.17. The lowest BCUT2D eigenvalue weighted by Crippen LogP contribution is -2.19. The number of nitrogens with one attached hydrogen (secondary N) is 1. The molecule has 2 aromatic rings. The summed E-state index contributed by atoms with van der Waals surface area (Å²) in [5, 5.41) is 3.16. The topological polar surface area (TPSA) is 12.0 Å². The first kappa shape index (κ1) is 14.2. The minimum Gasteiger partial charge on any atom is -0.313 e. The van der Waals surface area contributed by atoms with Crippen molar-refractivity contribution in [3.05, 3.63) is 70.3 Å². The zero-order valence-electron chi connectivity index (χ0n) is 12.1. The molecule has 1 nitrogen and oxygen atoms in total. The summed E-state index contributed by atoms with van der Waals surface area (Å²) in [6.45, 7) is 0. The second-order valence-electron chi connectivity index (χ2n) is 5.70. The van der Waals surface area contributed by atoms with Gasteiger partial charge in [0.25, 0.3) is 0 Å². The fourth-order valence-electron chi connectivity index (χ4n) is 3.15. The van der Waals surface area contributed by atoms with Crippen molar-refractivity contribution in [3.63, 3.8) is 0 Å². The molecule has 0 amide bonds. The van der Waals surface area contributed by atoms with Gasteiger partial charge in [-0.05, 0) is 67.1 Å². The highest BCUT2D eigenvalue weighted by atomic mass is 19.1. The molecule has 0 aliphatic heterocycles. The van der Waals surface area contributed by atoms with Gasteiger partial charge in [0.2, 0.25) is 0 Å². The van der Waals surface area contributed by atoms with Crippen LogP contribution in [0.3, 0.4) is 0 Å². The first-order valence-corrected chi connectivity index (χ1v) is 7.39. The smallest absolute Gasteiger partial charge is 0.126 e. The van der Waals surface area contributed by atoms with Crippen molar-refractivity contribution in [3.8, 4) is 0 Å². The molecule has 0 spiro atoms. The number of fused-ring (bicyclic) bond motifs is 1. The molecule has 3 rings (SSSR count). The maximum Gasteiger partial charge on any atom is 0.126 e. The number of halogens is 2. The Labute approximate surface area is 124 Å². The molecule has 1 aliphatic rings. The minimum absolute atomic E-state index is 0.0883. The number of hydrogen-bond acceptors (Lipinski definition) is 1. The summed E-state index contributed by atoms with van der Waals surface area (Å²) >= 11 is 0. The third-order valence-electron chi connectivity index (χ3n) is 4.24. The fourth-order valence-corrected chi connectivity index (χ4v) is 3.15. The lowest BCUT2D eigenvalue weighted by atomic mass is 9.96. The molecule has 21 heavy (non-hydrogen) atoms. The molecule has 3 heteroatoms. The summed E-state index contributed by atoms with van der Waals surface area (Å²) in [5.41, 5.74) is 4.72. The predicted molar refractivity (Wildman–Crippen MR) is 80.3 cm³/mol. The first-order chi connectivity index (χ1) is 10.2. The summed E-state index contributed by atoms with van der Waals surface area (Å²) in [5.74, 6) is -1.06. The Morgan fingerprint density at radius 2 is 1.71 bits per heavy atom. The van der Waals surface area contributed by atoms with E-state index < -0.39 is 11.6 Å². The van der Waals surface area contributed by atoms with Gasteiger partial charge in [-0.2, -0.15) is 0 Å². The van der Waals surface area contributed by atoms with Crippen molar-refractivity contribution >= 4 is 0 Å². The Kier molecular flexibility index (Phi) is 4.02. The molecule has 0 aromatic heterocycles. The van der Waals surface area contributed by atoms with Gasteiger partial charge in [0.15, 0.2) is 0 Å². The van der Waals surface area contributed by atoms with Crippen LogP contribution in [0.15, 0.2) is 36.4 Å². The van der Waals surface area contributed by atoms with Gasteiger partial charge in [-0.25, -0.2) is 8.78 Å². The summed E-state index contributed by atoms with van der Waals surface area (Å²) in [6, 6.07) is 10.2. The largest absolute Gasteiger partial charge is 0.313 e. The Balaban J connectivity index is 1.84. The Hall–Kier alpha value is -1.74. The number of benzene rings is 2. The number of rotatable bonds is 4. The van der Waals surface area contributed by atoms with E-state index in [4.69, 9.17) is 0 Å². The van der Waals surface area contributed by atoms with Crippen molar-refractivity contribution in [2.45, 2.75) is 31.7 Å². The van der Waals surface area contributed by atoms with E-state index in [0.717, 1.165) is 18.9 Å². The normalized spacial score (nSPS) is 15.0. The standard InChI is InChI=1S/C18H19F2N/c1-21-18(15-9-16(19)11-17(20)10-15)8-12-5-6-13-3-2-4-14(13)7-12/h5-7,9-11,18,21H,2-4,8H2,1H3. The molecule has 0 fully saturated rings. The van der Waals surface area contributed by atoms with E-state index in [-0.39, 0.29) is 6.04 Å². The van der Waals surface area contributed by atoms with Crippen LogP contribution in [0.2, 0.25) is 0 Å². The molecular formula is C18H19F2N. The molecular weight excluding hydrogens is 268 g/mol. The van der Waals surface area contributed by atoms with Crippen LogP contribution in [0.25, 0.3) is 0 Å². The molecule has 0 saturated carbocycles. The molecule has 1 N–H and O–H groups in total. The Morgan fingerprint density at radius 3 is 2.43 bits per heavy atom. The minimum atomic E-state index is -0.529. The molecule has 0 bridgehead atoms. The Bertz CT molecular complexity index is 631. The van der Waals surface area contributed by atoms with Crippen molar-refractivity contribution in [1.82, 2.24) is 5.32 Å². The van der Waals surface area contributed by atoms with E-state index in [0.29, 0.717) is 5.56 Å². The second-order valence-corrected chi connectivity index (χ2v) is 5.70. The van der Waals surface area contributed by atoms with Crippen LogP contribution in [0.4, 0.5) is 8.78 Å². The number of aryl methyl sites for hydroxylation is 2. The molecule has 1 unspecified atom stereocenters. The number of likely N-dealkylation sites (N-methyl/N-ethyl adjacent to an activating group) is 1. The third kappa shape index (κ3) is 3.13. The van der Waals surface area contributed by atoms with Crippen LogP contribution in [0.5, 0.6) is 0 Å². The van der Waals surface area contributed by atoms with Crippen molar-refractivity contribution < 1.29 is 8.78 Å². The van der Waals surface area contributed by atoms with E-state index in [1.54, 1.807) is 0 Å². The lowest BCUT2D eigenvalue weighted by molar-refractivity contribution is 0.551. The van der Waals surface area contributed by atoms with E-state index in [1.165, 1.54) is 41.7 Å². The van der Waals surface area contributed by atoms with Gasteiger partial charge in [0, 0.05) is 12.1 Å². The molecule has 1 atom stereocenters. The second kappa shape index (κ2) is 5.94. The van der Waals surface area contributed by atoms with Crippen molar-refractivity contribution in [2.75, 3.05) is 7.05 Å². The molecule has 0 radical (unpaired) electrons. The maximum absolute atomic E-state index is 13.4. The van der Waals surface area contributed by atoms with Gasteiger partial charge in [-0.1, -0.05) is 18.2 Å². The van der Waals surface area contributed by atoms with Crippen molar-refractivity contribution in [1.29, 1.82) is 0 Å². The van der Waals surface area contributed by atoms with Crippen LogP contribution in [0, 0.1) is 11.6 Å². The molecule has 2 aromatic carbocycles. The van der Waals surface area contributed by atoms with Crippen LogP contribution >= 0.6 is 0 Å². The molecule has 0 saturated heterocycles. The quantitative estimate of drug-likeness (QED) is 0.897. The summed E-state index contributed by atoms with van der Waals surface area (Å²) < 4.78 is 26.8. The summed E-state index contributed by atoms with van der Waals surface area (Å²) in [6.07, 6.45) is 4.26. The number of hydrogen-bond donors (Lipinski definition) is 1. The van der Waals surface area contributed by atoms with Crippen LogP contribution in [-0.2, 0) is 19.3 Å². The first-order valence-electron chi connectivity index (χ1n) is 7.39. The summed E-state index contributed by atoms with van der Waals surface area (Å²) in [4.78, 5) is 0. The van der Waals surface area contributed by atoms with Gasteiger partial charge < -0.3 is 5.32 Å². The van der Waals surface area contributed by atoms with Crippen LogP contribution in [-0.4, -0.2) is 7.05 Å². The van der Waals surface area contributed by atoms with Crippen LogP contribution < -0.4 is 5.32 Å². The highest BCUT2D eigenvalue weighted by Gasteiger charge is 2.15. The van der Waals surface area contributed by atoms with Crippen LogP contribution in [0.1, 0.15) is 34.7 Å². The Morgan fingerprint density at radius 1 is 1.00 bits per heavy atom. The molecule has 110 valence electrons. The van der Waals surface area contributed by atoms with E-state index in [1.807, 2.05) is 7.05 Å². The van der Waals surface area contributed by atoms with E-state index in [2.05, 4.69) is 23.5 Å². The van der Waals surface area contributed by atoms with Crippen molar-refractivity contribution in [2.24, 2.45) is 0 Å². The van der Waals surface area contributed by atoms with Gasteiger partial charge in [0.1, 0.15) is 11.6 Å². The van der Waals surface area contributed by atoms with E-state index >= 15 is 0 Å². The zero-order chi connectivity index (χ0) is 14.8. The highest BCUT2D eigenvalue weighted by Crippen LogP contribution is 2.26. The monoisotopic (exact) mass is 287 g/mol. The van der Waals surface area contributed by atoms with Gasteiger partial charge in [0.05, 0.1) is 0 Å². The average Bonchev–Trinajstić information content (AvgIpc) is 2.91. The van der Waals surface area contributed by atoms with Gasteiger partial charge in [-0.15, -0.1) is 0 Å². The average molecular weight is 287 g/mol. The molecule has 1 aliphatic carbocycles. The zero-order valence-corrected chi connectivity index (χ0v) is 12.1. The third-order valence-corrected chi connectivity index (χ3v) is 4.24.